The van der Waals surface area contributed by atoms with Crippen molar-refractivity contribution in [3.63, 3.8) is 0 Å². The van der Waals surface area contributed by atoms with Gasteiger partial charge in [0, 0.05) is 55.1 Å². The van der Waals surface area contributed by atoms with Gasteiger partial charge in [-0.1, -0.05) is 0 Å². The monoisotopic (exact) mass is 550 g/mol. The SMILES string of the molecule is Cc1cc(NC(=O)/C(C#N)=C/c2ccc(-c3ccc(S(=O)(=O)NN4CCN(C)CC4)cc3)o2)ccc1[N+](=O)[O-]. The molecule has 0 spiro atoms. The van der Waals surface area contributed by atoms with Gasteiger partial charge in [-0.15, -0.1) is 4.83 Å². The standard InChI is InChI=1S/C26H26N6O6S/c1-18-15-21(5-9-24(18)32(34)35)28-26(33)20(17-27)16-22-6-10-25(38-22)19-3-7-23(8-4-19)39(36,37)29-31-13-11-30(2)12-14-31/h3-10,15-16,29H,11-14H2,1-2H3,(H,28,33)/b20-16+. The zero-order valence-corrected chi connectivity index (χ0v) is 22.1. The predicted molar refractivity (Wildman–Crippen MR) is 144 cm³/mol. The number of benzene rings is 2. The summed E-state index contributed by atoms with van der Waals surface area (Å²) in [7, 11) is -1.75. The van der Waals surface area contributed by atoms with Crippen LogP contribution in [0.25, 0.3) is 17.4 Å². The van der Waals surface area contributed by atoms with Crippen LogP contribution >= 0.6 is 0 Å². The largest absolute Gasteiger partial charge is 0.457 e. The quantitative estimate of drug-likeness (QED) is 0.186. The third kappa shape index (κ3) is 6.75. The second-order valence-corrected chi connectivity index (χ2v) is 10.7. The number of hydrogen-bond acceptors (Lipinski definition) is 9. The van der Waals surface area contributed by atoms with Crippen LogP contribution in [0.5, 0.6) is 0 Å². The number of anilines is 1. The van der Waals surface area contributed by atoms with Gasteiger partial charge in [0.1, 0.15) is 23.2 Å². The van der Waals surface area contributed by atoms with Crippen molar-refractivity contribution in [2.45, 2.75) is 11.8 Å². The average Bonchev–Trinajstić information content (AvgIpc) is 3.37. The zero-order valence-electron chi connectivity index (χ0n) is 21.2. The summed E-state index contributed by atoms with van der Waals surface area (Å²) in [4.78, 5) is 27.9. The van der Waals surface area contributed by atoms with Crippen LogP contribution in [0.2, 0.25) is 0 Å². The van der Waals surface area contributed by atoms with Crippen LogP contribution in [0.4, 0.5) is 11.4 Å². The number of rotatable bonds is 8. The van der Waals surface area contributed by atoms with Crippen LogP contribution < -0.4 is 10.1 Å². The highest BCUT2D eigenvalue weighted by Gasteiger charge is 2.22. The Bertz CT molecular complexity index is 1560. The second kappa shape index (κ2) is 11.6. The van der Waals surface area contributed by atoms with E-state index in [1.165, 1.54) is 36.4 Å². The van der Waals surface area contributed by atoms with Gasteiger partial charge < -0.3 is 14.6 Å². The number of nitrogens with zero attached hydrogens (tertiary/aromatic N) is 4. The Kier molecular flexibility index (Phi) is 8.22. The number of aryl methyl sites for hydroxylation is 1. The van der Waals surface area contributed by atoms with E-state index in [1.54, 1.807) is 36.2 Å². The molecule has 0 radical (unpaired) electrons. The normalized spacial score (nSPS) is 15.1. The first kappa shape index (κ1) is 27.7. The highest BCUT2D eigenvalue weighted by Crippen LogP contribution is 2.26. The maximum atomic E-state index is 12.8. The fourth-order valence-electron chi connectivity index (χ4n) is 3.93. The number of nitro groups is 1. The van der Waals surface area contributed by atoms with Crippen LogP contribution in [0.1, 0.15) is 11.3 Å². The number of amides is 1. The molecule has 0 aliphatic carbocycles. The molecule has 2 N–H and O–H groups in total. The molecule has 0 unspecified atom stereocenters. The minimum atomic E-state index is -3.73. The van der Waals surface area contributed by atoms with Crippen LogP contribution in [0.3, 0.4) is 0 Å². The molecule has 2 heterocycles. The number of nitriles is 1. The Morgan fingerprint density at radius 3 is 2.41 bits per heavy atom. The second-order valence-electron chi connectivity index (χ2n) is 8.99. The van der Waals surface area contributed by atoms with Gasteiger partial charge in [-0.2, -0.15) is 5.26 Å². The first-order valence-corrected chi connectivity index (χ1v) is 13.4. The van der Waals surface area contributed by atoms with E-state index in [1.807, 2.05) is 13.1 Å². The van der Waals surface area contributed by atoms with Crippen LogP contribution in [0.15, 0.2) is 69.5 Å². The van der Waals surface area contributed by atoms with Gasteiger partial charge >= 0.3 is 0 Å². The molecule has 0 atom stereocenters. The molecule has 1 saturated heterocycles. The van der Waals surface area contributed by atoms with Gasteiger partial charge in [0.05, 0.1) is 9.82 Å². The minimum absolute atomic E-state index is 0.0795. The van der Waals surface area contributed by atoms with Gasteiger partial charge in [-0.3, -0.25) is 14.9 Å². The first-order chi connectivity index (χ1) is 18.6. The minimum Gasteiger partial charge on any atom is -0.457 e. The summed E-state index contributed by atoms with van der Waals surface area (Å²) in [6, 6.07) is 15.3. The van der Waals surface area contributed by atoms with Gasteiger partial charge in [0.25, 0.3) is 21.6 Å². The number of carbonyl (C=O) groups is 1. The average molecular weight is 551 g/mol. The van der Waals surface area contributed by atoms with Crippen molar-refractivity contribution in [2.24, 2.45) is 0 Å². The van der Waals surface area contributed by atoms with E-state index >= 15 is 0 Å². The number of likely N-dealkylation sites (N-methyl/N-ethyl adjacent to an activating group) is 1. The molecule has 1 aromatic heterocycles. The third-order valence-electron chi connectivity index (χ3n) is 6.13. The molecule has 1 amide bonds. The van der Waals surface area contributed by atoms with Gasteiger partial charge in [-0.25, -0.2) is 13.4 Å². The highest BCUT2D eigenvalue weighted by atomic mass is 32.2. The Hall–Kier alpha value is -4.35. The summed E-state index contributed by atoms with van der Waals surface area (Å²) in [5, 5.41) is 24.7. The third-order valence-corrected chi connectivity index (χ3v) is 7.52. The number of piperazine rings is 1. The van der Waals surface area contributed by atoms with Crippen LogP contribution in [0, 0.1) is 28.4 Å². The van der Waals surface area contributed by atoms with Gasteiger partial charge in [0.15, 0.2) is 0 Å². The maximum absolute atomic E-state index is 12.8. The molecule has 0 bridgehead atoms. The molecular formula is C26H26N6O6S. The molecule has 1 aliphatic rings. The van der Waals surface area contributed by atoms with Crippen molar-refractivity contribution in [3.05, 3.63) is 81.6 Å². The maximum Gasteiger partial charge on any atom is 0.272 e. The van der Waals surface area contributed by atoms with E-state index in [2.05, 4.69) is 15.0 Å². The zero-order chi connectivity index (χ0) is 28.2. The highest BCUT2D eigenvalue weighted by molar-refractivity contribution is 7.89. The van der Waals surface area contributed by atoms with Crippen molar-refractivity contribution in [1.82, 2.24) is 14.7 Å². The molecule has 13 heteroatoms. The van der Waals surface area contributed by atoms with Crippen molar-refractivity contribution in [1.29, 1.82) is 5.26 Å². The van der Waals surface area contributed by atoms with Gasteiger partial charge in [0.2, 0.25) is 0 Å². The number of nitrogens with one attached hydrogen (secondary N) is 2. The molecule has 12 nitrogen and oxygen atoms in total. The molecule has 3 aromatic rings. The van der Waals surface area contributed by atoms with Crippen molar-refractivity contribution in [3.8, 4) is 17.4 Å². The summed E-state index contributed by atoms with van der Waals surface area (Å²) in [6.45, 7) is 4.26. The topological polar surface area (TPSA) is 162 Å². The first-order valence-electron chi connectivity index (χ1n) is 11.9. The lowest BCUT2D eigenvalue weighted by Gasteiger charge is -2.32. The fourth-order valence-corrected chi connectivity index (χ4v) is 5.05. The Morgan fingerprint density at radius 1 is 1.10 bits per heavy atom. The lowest BCUT2D eigenvalue weighted by atomic mass is 10.1. The molecule has 4 rings (SSSR count). The number of hydrazine groups is 1. The number of nitro benzene ring substituents is 1. The molecule has 1 fully saturated rings. The number of furan rings is 1. The van der Waals surface area contributed by atoms with Crippen LogP contribution in [-0.2, 0) is 14.8 Å². The van der Waals surface area contributed by atoms with E-state index < -0.39 is 20.9 Å². The summed E-state index contributed by atoms with van der Waals surface area (Å²) in [5.74, 6) is -0.0444. The molecule has 1 aliphatic heterocycles. The van der Waals surface area contributed by atoms with Gasteiger partial charge in [-0.05, 0) is 62.5 Å². The van der Waals surface area contributed by atoms with E-state index in [-0.39, 0.29) is 21.9 Å². The lowest BCUT2D eigenvalue weighted by molar-refractivity contribution is -0.385. The Morgan fingerprint density at radius 2 is 1.79 bits per heavy atom. The molecule has 202 valence electrons. The van der Waals surface area contributed by atoms with E-state index in [0.29, 0.717) is 35.7 Å². The molecule has 2 aromatic carbocycles. The van der Waals surface area contributed by atoms with E-state index in [4.69, 9.17) is 4.42 Å². The summed E-state index contributed by atoms with van der Waals surface area (Å²) in [5.41, 5.74) is 0.969. The van der Waals surface area contributed by atoms with E-state index in [0.717, 1.165) is 13.1 Å². The lowest BCUT2D eigenvalue weighted by Crippen LogP contribution is -2.52. The van der Waals surface area contributed by atoms with E-state index in [9.17, 15) is 28.6 Å². The van der Waals surface area contributed by atoms with Crippen molar-refractivity contribution >= 4 is 33.4 Å². The van der Waals surface area contributed by atoms with Crippen LogP contribution in [-0.4, -0.2) is 62.4 Å². The summed E-state index contributed by atoms with van der Waals surface area (Å²) < 4.78 is 31.3. The summed E-state index contributed by atoms with van der Waals surface area (Å²) in [6.07, 6.45) is 1.27. The van der Waals surface area contributed by atoms with Crippen molar-refractivity contribution in [2.75, 3.05) is 38.5 Å². The van der Waals surface area contributed by atoms with Crippen molar-refractivity contribution < 1.29 is 22.6 Å². The predicted octanol–water partition coefficient (Wildman–Crippen LogP) is 3.15. The summed E-state index contributed by atoms with van der Waals surface area (Å²) >= 11 is 0. The number of carbonyl (C=O) groups excluding carboxylic acids is 1. The molecule has 0 saturated carbocycles. The number of hydrogen-bond donors (Lipinski definition) is 2. The smallest absolute Gasteiger partial charge is 0.272 e. The fraction of sp³-hybridized carbons (Fsp3) is 0.231. The number of sulfonamides is 1. The Balaban J connectivity index is 1.44. The Labute approximate surface area is 225 Å². The molecule has 39 heavy (non-hydrogen) atoms. The molecular weight excluding hydrogens is 524 g/mol.